The Balaban J connectivity index is 1.92. The summed E-state index contributed by atoms with van der Waals surface area (Å²) in [5.41, 5.74) is 0.696. The first-order valence-electron chi connectivity index (χ1n) is 8.46. The van der Waals surface area contributed by atoms with Gasteiger partial charge in [-0.2, -0.15) is 0 Å². The van der Waals surface area contributed by atoms with Crippen LogP contribution in [0.3, 0.4) is 0 Å². The molecule has 2 saturated heterocycles. The van der Waals surface area contributed by atoms with E-state index in [0.717, 1.165) is 25.2 Å². The lowest BCUT2D eigenvalue weighted by Crippen LogP contribution is -2.58. The summed E-state index contributed by atoms with van der Waals surface area (Å²) in [6.45, 7) is 6.63. The molecule has 1 atom stereocenters. The number of carbonyl (C=O) groups is 2. The van der Waals surface area contributed by atoms with Crippen LogP contribution in [0.25, 0.3) is 0 Å². The van der Waals surface area contributed by atoms with Crippen molar-refractivity contribution >= 4 is 11.9 Å². The van der Waals surface area contributed by atoms with E-state index in [0.29, 0.717) is 18.4 Å². The lowest BCUT2D eigenvalue weighted by atomic mass is 9.96. The molecule has 0 radical (unpaired) electrons. The van der Waals surface area contributed by atoms with E-state index in [1.54, 1.807) is 12.1 Å². The number of hydrogen-bond donors (Lipinski definition) is 1. The van der Waals surface area contributed by atoms with Crippen LogP contribution < -0.4 is 0 Å². The highest BCUT2D eigenvalue weighted by atomic mass is 16.5. The van der Waals surface area contributed by atoms with Crippen molar-refractivity contribution in [2.45, 2.75) is 38.5 Å². The quantitative estimate of drug-likeness (QED) is 0.913. The van der Waals surface area contributed by atoms with Gasteiger partial charge >= 0.3 is 5.97 Å². The van der Waals surface area contributed by atoms with Crippen molar-refractivity contribution < 1.29 is 19.4 Å². The molecule has 3 rings (SSSR count). The predicted molar refractivity (Wildman–Crippen MR) is 88.8 cm³/mol. The maximum Gasteiger partial charge on any atom is 0.328 e. The zero-order chi connectivity index (χ0) is 17.3. The maximum absolute atomic E-state index is 13.1. The number of amides is 1. The first-order valence-corrected chi connectivity index (χ1v) is 8.46. The lowest BCUT2D eigenvalue weighted by Gasteiger charge is -2.44. The van der Waals surface area contributed by atoms with E-state index in [9.17, 15) is 14.7 Å². The van der Waals surface area contributed by atoms with Crippen LogP contribution in [0, 0.1) is 6.92 Å². The Morgan fingerprint density at radius 1 is 1.33 bits per heavy atom. The van der Waals surface area contributed by atoms with E-state index in [-0.39, 0.29) is 12.5 Å². The minimum atomic E-state index is -1.01. The van der Waals surface area contributed by atoms with Crippen molar-refractivity contribution in [2.24, 2.45) is 0 Å². The smallest absolute Gasteiger partial charge is 0.328 e. The second-order valence-electron chi connectivity index (χ2n) is 6.59. The number of ether oxygens (including phenoxy) is 1. The van der Waals surface area contributed by atoms with Crippen molar-refractivity contribution in [3.63, 3.8) is 0 Å². The molecule has 1 aromatic carbocycles. The summed E-state index contributed by atoms with van der Waals surface area (Å²) in [4.78, 5) is 28.6. The normalized spacial score (nSPS) is 23.6. The van der Waals surface area contributed by atoms with Crippen LogP contribution in [0.1, 0.15) is 35.7 Å². The molecule has 6 heteroatoms. The van der Waals surface area contributed by atoms with Gasteiger partial charge in [0.1, 0.15) is 5.72 Å². The number of hydrogen-bond acceptors (Lipinski definition) is 4. The van der Waals surface area contributed by atoms with Gasteiger partial charge in [-0.15, -0.1) is 0 Å². The van der Waals surface area contributed by atoms with Gasteiger partial charge in [-0.1, -0.05) is 24.6 Å². The van der Waals surface area contributed by atoms with E-state index in [1.165, 1.54) is 4.90 Å². The predicted octanol–water partition coefficient (Wildman–Crippen LogP) is 1.73. The summed E-state index contributed by atoms with van der Waals surface area (Å²) in [5.74, 6) is -1.26. The number of likely N-dealkylation sites (tertiary alicyclic amines) is 1. The van der Waals surface area contributed by atoms with Crippen LogP contribution in [0.2, 0.25) is 0 Å². The molecule has 1 aromatic rings. The Kier molecular flexibility index (Phi) is 4.60. The van der Waals surface area contributed by atoms with Gasteiger partial charge in [0.2, 0.25) is 0 Å². The van der Waals surface area contributed by atoms with E-state index in [4.69, 9.17) is 4.74 Å². The third kappa shape index (κ3) is 2.91. The van der Waals surface area contributed by atoms with Crippen molar-refractivity contribution in [1.29, 1.82) is 0 Å². The molecular formula is C18H24N2O4. The average molecular weight is 332 g/mol. The monoisotopic (exact) mass is 332 g/mol. The van der Waals surface area contributed by atoms with Crippen LogP contribution in [0.4, 0.5) is 0 Å². The third-order valence-electron chi connectivity index (χ3n) is 5.11. The average Bonchev–Trinajstić information content (AvgIpc) is 2.94. The van der Waals surface area contributed by atoms with Crippen molar-refractivity contribution in [3.05, 3.63) is 35.4 Å². The molecule has 2 fully saturated rings. The fourth-order valence-corrected chi connectivity index (χ4v) is 3.69. The van der Waals surface area contributed by atoms with Gasteiger partial charge in [0.25, 0.3) is 5.91 Å². The van der Waals surface area contributed by atoms with Crippen LogP contribution in [-0.2, 0) is 9.53 Å². The summed E-state index contributed by atoms with van der Waals surface area (Å²) in [5, 5.41) is 9.56. The first-order chi connectivity index (χ1) is 11.5. The van der Waals surface area contributed by atoms with Gasteiger partial charge in [-0.05, 0) is 25.6 Å². The fraction of sp³-hybridized carbons (Fsp3) is 0.556. The van der Waals surface area contributed by atoms with E-state index in [2.05, 4.69) is 11.8 Å². The highest BCUT2D eigenvalue weighted by Gasteiger charge is 2.53. The standard InChI is InChI=1S/C18H24N2O4/c1-3-19-9-7-18(8-10-19)20(15(12-24-18)17(22)23)16(21)14-6-4-5-13(2)11-14/h4-6,11,15H,3,7-10,12H2,1-2H3,(H,22,23)/t15-/m0/s1. The molecule has 0 aliphatic carbocycles. The Hall–Kier alpha value is -1.92. The molecule has 0 unspecified atom stereocenters. The van der Waals surface area contributed by atoms with Crippen LogP contribution in [-0.4, -0.2) is 64.8 Å². The molecule has 0 bridgehead atoms. The number of rotatable bonds is 3. The number of nitrogens with zero attached hydrogens (tertiary/aromatic N) is 2. The summed E-state index contributed by atoms with van der Waals surface area (Å²) < 4.78 is 5.93. The zero-order valence-electron chi connectivity index (χ0n) is 14.2. The molecule has 0 saturated carbocycles. The van der Waals surface area contributed by atoms with Gasteiger partial charge < -0.3 is 14.7 Å². The molecule has 1 N–H and O–H groups in total. The zero-order valence-corrected chi connectivity index (χ0v) is 14.2. The molecule has 2 heterocycles. The molecular weight excluding hydrogens is 308 g/mol. The molecule has 2 aliphatic heterocycles. The molecule has 6 nitrogen and oxygen atoms in total. The molecule has 130 valence electrons. The summed E-state index contributed by atoms with van der Waals surface area (Å²) in [6.07, 6.45) is 1.28. The number of piperidine rings is 1. The number of carbonyl (C=O) groups excluding carboxylic acids is 1. The van der Waals surface area contributed by atoms with Crippen LogP contribution >= 0.6 is 0 Å². The van der Waals surface area contributed by atoms with Gasteiger partial charge in [0, 0.05) is 31.5 Å². The number of aryl methyl sites for hydroxylation is 1. The Labute approximate surface area is 142 Å². The number of aliphatic carboxylic acids is 1. The minimum Gasteiger partial charge on any atom is -0.480 e. The SMILES string of the molecule is CCN1CCC2(CC1)OC[C@@H](C(=O)O)N2C(=O)c1cccc(C)c1. The summed E-state index contributed by atoms with van der Waals surface area (Å²) in [6, 6.07) is 6.35. The van der Waals surface area contributed by atoms with Crippen LogP contribution in [0.5, 0.6) is 0 Å². The topological polar surface area (TPSA) is 70.1 Å². The fourth-order valence-electron chi connectivity index (χ4n) is 3.69. The lowest BCUT2D eigenvalue weighted by molar-refractivity contribution is -0.143. The van der Waals surface area contributed by atoms with Crippen molar-refractivity contribution in [3.8, 4) is 0 Å². The Morgan fingerprint density at radius 3 is 2.62 bits per heavy atom. The molecule has 1 amide bonds. The molecule has 2 aliphatic rings. The Bertz CT molecular complexity index is 638. The second kappa shape index (κ2) is 6.53. The number of benzene rings is 1. The summed E-state index contributed by atoms with van der Waals surface area (Å²) >= 11 is 0. The van der Waals surface area contributed by atoms with Gasteiger partial charge in [0.05, 0.1) is 6.61 Å². The molecule has 24 heavy (non-hydrogen) atoms. The molecule has 1 spiro atoms. The third-order valence-corrected chi connectivity index (χ3v) is 5.11. The van der Waals surface area contributed by atoms with Gasteiger partial charge in [0.15, 0.2) is 6.04 Å². The van der Waals surface area contributed by atoms with Gasteiger partial charge in [-0.25, -0.2) is 4.79 Å². The van der Waals surface area contributed by atoms with Crippen LogP contribution in [0.15, 0.2) is 24.3 Å². The van der Waals surface area contributed by atoms with Crippen molar-refractivity contribution in [2.75, 3.05) is 26.2 Å². The van der Waals surface area contributed by atoms with E-state index >= 15 is 0 Å². The highest BCUT2D eigenvalue weighted by Crippen LogP contribution is 2.38. The minimum absolute atomic E-state index is 0.0546. The summed E-state index contributed by atoms with van der Waals surface area (Å²) in [7, 11) is 0. The van der Waals surface area contributed by atoms with Crippen molar-refractivity contribution in [1.82, 2.24) is 9.80 Å². The largest absolute Gasteiger partial charge is 0.480 e. The number of carboxylic acids is 1. The number of carboxylic acid groups (broad SMARTS) is 1. The van der Waals surface area contributed by atoms with Gasteiger partial charge in [-0.3, -0.25) is 9.69 Å². The highest BCUT2D eigenvalue weighted by molar-refractivity contribution is 5.97. The maximum atomic E-state index is 13.1. The molecule has 0 aromatic heterocycles. The van der Waals surface area contributed by atoms with E-state index < -0.39 is 17.7 Å². The second-order valence-corrected chi connectivity index (χ2v) is 6.59. The first kappa shape index (κ1) is 16.9. The van der Waals surface area contributed by atoms with E-state index in [1.807, 2.05) is 19.1 Å². The Morgan fingerprint density at radius 2 is 2.04 bits per heavy atom.